The molecule has 1 N–H and O–H groups in total. The summed E-state index contributed by atoms with van der Waals surface area (Å²) in [6.45, 7) is 2.01. The van der Waals surface area contributed by atoms with Crippen molar-refractivity contribution in [2.24, 2.45) is 0 Å². The number of fused-ring (bicyclic) bond motifs is 1. The Bertz CT molecular complexity index is 1360. The summed E-state index contributed by atoms with van der Waals surface area (Å²) >= 11 is 1.41. The third-order valence-electron chi connectivity index (χ3n) is 5.44. The van der Waals surface area contributed by atoms with Crippen LogP contribution in [0.2, 0.25) is 0 Å². The third kappa shape index (κ3) is 4.73. The van der Waals surface area contributed by atoms with Crippen LogP contribution in [0.4, 0.5) is 0 Å². The van der Waals surface area contributed by atoms with Gasteiger partial charge in [0.25, 0.3) is 0 Å². The Kier molecular flexibility index (Phi) is 6.04. The van der Waals surface area contributed by atoms with E-state index in [-0.39, 0.29) is 5.78 Å². The first kappa shape index (κ1) is 21.2. The number of aryl methyl sites for hydroxylation is 3. The quantitative estimate of drug-likeness (QED) is 0.258. The zero-order valence-corrected chi connectivity index (χ0v) is 19.0. The maximum absolute atomic E-state index is 12.7. The summed E-state index contributed by atoms with van der Waals surface area (Å²) in [6, 6.07) is 25.7. The van der Waals surface area contributed by atoms with Crippen LogP contribution < -0.4 is 0 Å². The number of carbonyl (C=O) groups is 1. The Hall–Kier alpha value is -3.71. The number of hydrogen-bond donors (Lipinski definition) is 1. The van der Waals surface area contributed by atoms with Gasteiger partial charge in [0.05, 0.1) is 16.8 Å². The second-order valence-corrected chi connectivity index (χ2v) is 8.79. The van der Waals surface area contributed by atoms with Gasteiger partial charge < -0.3 is 4.98 Å². The highest BCUT2D eigenvalue weighted by molar-refractivity contribution is 7.99. The summed E-state index contributed by atoms with van der Waals surface area (Å²) in [5, 5.41) is 9.59. The highest BCUT2D eigenvalue weighted by Crippen LogP contribution is 2.24. The number of ketones is 1. The molecule has 0 aliphatic heterocycles. The van der Waals surface area contributed by atoms with E-state index in [1.807, 2.05) is 90.4 Å². The van der Waals surface area contributed by atoms with Gasteiger partial charge in [0, 0.05) is 24.1 Å². The number of para-hydroxylation sites is 3. The average molecular weight is 454 g/mol. The van der Waals surface area contributed by atoms with Crippen molar-refractivity contribution in [2.75, 3.05) is 5.75 Å². The number of carbonyl (C=O) groups excluding carboxylic acids is 1. The van der Waals surface area contributed by atoms with Crippen LogP contribution >= 0.6 is 11.8 Å². The van der Waals surface area contributed by atoms with Crippen LogP contribution in [0.5, 0.6) is 0 Å². The molecule has 6 nitrogen and oxygen atoms in total. The van der Waals surface area contributed by atoms with Gasteiger partial charge in [-0.1, -0.05) is 71.9 Å². The number of thioether (sulfide) groups is 1. The molecule has 3 aromatic carbocycles. The van der Waals surface area contributed by atoms with Crippen LogP contribution in [0.1, 0.15) is 27.6 Å². The predicted octanol–water partition coefficient (Wildman–Crippen LogP) is 5.21. The zero-order chi connectivity index (χ0) is 22.6. The van der Waals surface area contributed by atoms with Gasteiger partial charge in [-0.15, -0.1) is 10.2 Å². The fourth-order valence-electron chi connectivity index (χ4n) is 3.70. The smallest absolute Gasteiger partial charge is 0.196 e. The number of imidazole rings is 1. The first-order valence-corrected chi connectivity index (χ1v) is 11.8. The minimum absolute atomic E-state index is 0.0754. The number of Topliss-reactive ketones (excluding diaryl/α,β-unsaturated/α-hetero) is 1. The first-order chi connectivity index (χ1) is 16.2. The van der Waals surface area contributed by atoms with Gasteiger partial charge in [-0.25, -0.2) is 4.98 Å². The molecule has 0 saturated carbocycles. The molecular formula is C26H23N5OS. The minimum atomic E-state index is 0.0754. The second-order valence-electron chi connectivity index (χ2n) is 7.85. The topological polar surface area (TPSA) is 76.5 Å². The number of rotatable bonds is 8. The summed E-state index contributed by atoms with van der Waals surface area (Å²) in [6.07, 6.45) is 1.39. The molecule has 0 bridgehead atoms. The van der Waals surface area contributed by atoms with Crippen molar-refractivity contribution in [2.45, 2.75) is 24.9 Å². The summed E-state index contributed by atoms with van der Waals surface area (Å²) in [5.41, 5.74) is 4.82. The van der Waals surface area contributed by atoms with Crippen molar-refractivity contribution in [3.05, 3.63) is 102 Å². The molecule has 33 heavy (non-hydrogen) atoms. The van der Waals surface area contributed by atoms with Crippen LogP contribution in [-0.4, -0.2) is 36.3 Å². The molecule has 0 unspecified atom stereocenters. The predicted molar refractivity (Wildman–Crippen MR) is 131 cm³/mol. The van der Waals surface area contributed by atoms with E-state index in [9.17, 15) is 4.79 Å². The van der Waals surface area contributed by atoms with Crippen molar-refractivity contribution >= 4 is 28.6 Å². The molecule has 5 rings (SSSR count). The molecule has 0 amide bonds. The Morgan fingerprint density at radius 3 is 2.45 bits per heavy atom. The van der Waals surface area contributed by atoms with Crippen molar-refractivity contribution in [1.29, 1.82) is 0 Å². The van der Waals surface area contributed by atoms with Crippen LogP contribution in [0.15, 0.2) is 84.0 Å². The largest absolute Gasteiger partial charge is 0.342 e. The lowest BCUT2D eigenvalue weighted by Gasteiger charge is -2.10. The molecule has 0 atom stereocenters. The highest BCUT2D eigenvalue weighted by Gasteiger charge is 2.17. The number of aromatic amines is 1. The van der Waals surface area contributed by atoms with Gasteiger partial charge in [-0.05, 0) is 31.2 Å². The van der Waals surface area contributed by atoms with Crippen LogP contribution in [0.3, 0.4) is 0 Å². The molecule has 2 aromatic heterocycles. The van der Waals surface area contributed by atoms with Crippen LogP contribution in [0.25, 0.3) is 16.7 Å². The van der Waals surface area contributed by atoms with Crippen molar-refractivity contribution < 1.29 is 4.79 Å². The average Bonchev–Trinajstić information content (AvgIpc) is 3.45. The number of nitrogens with zero attached hydrogens (tertiary/aromatic N) is 4. The Morgan fingerprint density at radius 2 is 1.67 bits per heavy atom. The minimum Gasteiger partial charge on any atom is -0.342 e. The summed E-state index contributed by atoms with van der Waals surface area (Å²) in [7, 11) is 0. The fourth-order valence-corrected chi connectivity index (χ4v) is 4.56. The van der Waals surface area contributed by atoms with E-state index >= 15 is 0 Å². The fraction of sp³-hybridized carbons (Fsp3) is 0.154. The molecule has 0 aliphatic rings. The van der Waals surface area contributed by atoms with E-state index in [0.717, 1.165) is 33.9 Å². The Balaban J connectivity index is 1.36. The third-order valence-corrected chi connectivity index (χ3v) is 6.37. The Morgan fingerprint density at radius 1 is 0.909 bits per heavy atom. The van der Waals surface area contributed by atoms with Crippen molar-refractivity contribution in [1.82, 2.24) is 24.7 Å². The van der Waals surface area contributed by atoms with E-state index in [1.54, 1.807) is 0 Å². The molecule has 2 heterocycles. The number of hydrogen-bond acceptors (Lipinski definition) is 5. The van der Waals surface area contributed by atoms with Crippen LogP contribution in [-0.2, 0) is 12.8 Å². The van der Waals surface area contributed by atoms with Crippen LogP contribution in [0, 0.1) is 6.92 Å². The molecule has 0 saturated heterocycles. The summed E-state index contributed by atoms with van der Waals surface area (Å²) in [4.78, 5) is 20.7. The second kappa shape index (κ2) is 9.42. The number of benzene rings is 3. The molecule has 0 aliphatic carbocycles. The molecule has 0 fully saturated rings. The number of H-pyrrole nitrogens is 1. The van der Waals surface area contributed by atoms with E-state index in [1.165, 1.54) is 11.8 Å². The number of nitrogens with one attached hydrogen (secondary N) is 1. The zero-order valence-electron chi connectivity index (χ0n) is 18.2. The Labute approximate surface area is 196 Å². The van der Waals surface area contributed by atoms with E-state index in [4.69, 9.17) is 0 Å². The van der Waals surface area contributed by atoms with Gasteiger partial charge >= 0.3 is 0 Å². The van der Waals surface area contributed by atoms with Gasteiger partial charge in [0.15, 0.2) is 10.9 Å². The number of aromatic nitrogens is 5. The van der Waals surface area contributed by atoms with Gasteiger partial charge in [0.2, 0.25) is 0 Å². The maximum Gasteiger partial charge on any atom is 0.196 e. The molecule has 0 spiro atoms. The maximum atomic E-state index is 12.7. The highest BCUT2D eigenvalue weighted by atomic mass is 32.2. The molecule has 5 aromatic rings. The molecule has 0 radical (unpaired) electrons. The van der Waals surface area contributed by atoms with Gasteiger partial charge in [0.1, 0.15) is 11.6 Å². The lowest BCUT2D eigenvalue weighted by Crippen LogP contribution is -2.07. The van der Waals surface area contributed by atoms with E-state index in [2.05, 4.69) is 20.2 Å². The first-order valence-electron chi connectivity index (χ1n) is 10.8. The van der Waals surface area contributed by atoms with Crippen molar-refractivity contribution in [3.63, 3.8) is 0 Å². The molecule has 7 heteroatoms. The lowest BCUT2D eigenvalue weighted by molar-refractivity contribution is 0.102. The van der Waals surface area contributed by atoms with Gasteiger partial charge in [-0.3, -0.25) is 9.36 Å². The SMILES string of the molecule is Cc1ccc(C(=O)CSc2nnc(CCc3nc4ccccc4[nH]3)n2-c2ccccc2)cc1. The lowest BCUT2D eigenvalue weighted by atomic mass is 10.1. The normalized spacial score (nSPS) is 11.2. The molecule has 164 valence electrons. The molecular weight excluding hydrogens is 430 g/mol. The summed E-state index contributed by atoms with van der Waals surface area (Å²) in [5.74, 6) is 2.14. The van der Waals surface area contributed by atoms with Crippen molar-refractivity contribution in [3.8, 4) is 5.69 Å². The van der Waals surface area contributed by atoms with Gasteiger partial charge in [-0.2, -0.15) is 0 Å². The summed E-state index contributed by atoms with van der Waals surface area (Å²) < 4.78 is 2.04. The standard InChI is InChI=1S/C26H23N5OS/c1-18-11-13-19(14-12-18)23(32)17-33-26-30-29-25(31(26)20-7-3-2-4-8-20)16-15-24-27-21-9-5-6-10-22(21)28-24/h2-14H,15-17H2,1H3,(H,27,28). The monoisotopic (exact) mass is 453 g/mol. The van der Waals surface area contributed by atoms with E-state index < -0.39 is 0 Å². The van der Waals surface area contributed by atoms with E-state index in [0.29, 0.717) is 29.3 Å².